The Hall–Kier alpha value is 0.140. The highest BCUT2D eigenvalue weighted by Crippen LogP contribution is 2.45. The molecule has 1 aromatic rings. The molecular weight excluding hydrogens is 258 g/mol. The molecule has 0 heterocycles. The van der Waals surface area contributed by atoms with Crippen molar-refractivity contribution in [3.63, 3.8) is 0 Å². The number of phenolic OH excluding ortho intramolecular Hbond substituents is 1. The second-order valence-corrected chi connectivity index (χ2v) is 3.75. The van der Waals surface area contributed by atoms with Crippen LogP contribution in [0.4, 0.5) is 0 Å². The summed E-state index contributed by atoms with van der Waals surface area (Å²) >= 11 is 22.6. The number of aromatic hydroxyl groups is 1. The van der Waals surface area contributed by atoms with Crippen molar-refractivity contribution in [2.24, 2.45) is 0 Å². The Morgan fingerprint density at radius 1 is 0.846 bits per heavy atom. The first-order valence-electron chi connectivity index (χ1n) is 3.15. The molecule has 0 radical (unpaired) electrons. The first-order chi connectivity index (χ1) is 6.00. The lowest BCUT2D eigenvalue weighted by molar-refractivity contribution is 0.282. The monoisotopic (exact) mass is 260 g/mol. The molecule has 0 amide bonds. The summed E-state index contributed by atoms with van der Waals surface area (Å²) in [6, 6.07) is 0. The number of hydrogen-bond acceptors (Lipinski definition) is 2. The van der Waals surface area contributed by atoms with Crippen molar-refractivity contribution >= 4 is 46.4 Å². The van der Waals surface area contributed by atoms with Crippen LogP contribution in [0.3, 0.4) is 0 Å². The zero-order valence-corrected chi connectivity index (χ0v) is 9.14. The predicted octanol–water partition coefficient (Wildman–Crippen LogP) is 3.50. The van der Waals surface area contributed by atoms with Crippen LogP contribution in [-0.2, 0) is 6.61 Å². The Labute approximate surface area is 94.6 Å². The summed E-state index contributed by atoms with van der Waals surface area (Å²) in [6.45, 7) is -0.391. The Morgan fingerprint density at radius 3 is 1.54 bits per heavy atom. The standard InChI is InChI=1S/C7H4Cl4O2/c8-3-2(1-12)4(9)6(11)7(13)5(3)10/h12-13H,1H2. The lowest BCUT2D eigenvalue weighted by atomic mass is 10.2. The van der Waals surface area contributed by atoms with Crippen molar-refractivity contribution in [2.45, 2.75) is 6.61 Å². The molecule has 2 N–H and O–H groups in total. The van der Waals surface area contributed by atoms with Gasteiger partial charge in [-0.1, -0.05) is 46.4 Å². The fraction of sp³-hybridized carbons (Fsp3) is 0.143. The SMILES string of the molecule is OCc1c(Cl)c(Cl)c(O)c(Cl)c1Cl. The zero-order valence-electron chi connectivity index (χ0n) is 6.11. The van der Waals surface area contributed by atoms with Crippen LogP contribution in [0.1, 0.15) is 5.56 Å². The maximum atomic E-state index is 9.27. The molecule has 13 heavy (non-hydrogen) atoms. The molecule has 0 saturated carbocycles. The summed E-state index contributed by atoms with van der Waals surface area (Å²) in [5, 5.41) is 17.9. The Kier molecular flexibility index (Phi) is 3.55. The fourth-order valence-electron chi connectivity index (χ4n) is 0.804. The molecule has 0 unspecified atom stereocenters. The Balaban J connectivity index is 3.56. The summed E-state index contributed by atoms with van der Waals surface area (Å²) in [5.74, 6) is -0.379. The first-order valence-corrected chi connectivity index (χ1v) is 4.66. The third-order valence-electron chi connectivity index (χ3n) is 1.49. The van der Waals surface area contributed by atoms with Crippen LogP contribution in [0.2, 0.25) is 20.1 Å². The van der Waals surface area contributed by atoms with Crippen molar-refractivity contribution in [2.75, 3.05) is 0 Å². The minimum absolute atomic E-state index is 0.0102. The molecule has 0 aliphatic rings. The van der Waals surface area contributed by atoms with Crippen LogP contribution in [0.5, 0.6) is 5.75 Å². The van der Waals surface area contributed by atoms with Gasteiger partial charge in [0.15, 0.2) is 5.75 Å². The molecule has 1 aromatic carbocycles. The van der Waals surface area contributed by atoms with Gasteiger partial charge in [0.05, 0.1) is 16.7 Å². The van der Waals surface area contributed by atoms with Crippen LogP contribution < -0.4 is 0 Å². The van der Waals surface area contributed by atoms with E-state index in [1.165, 1.54) is 0 Å². The molecule has 72 valence electrons. The number of hydrogen-bond donors (Lipinski definition) is 2. The van der Waals surface area contributed by atoms with E-state index < -0.39 is 6.61 Å². The Morgan fingerprint density at radius 2 is 1.23 bits per heavy atom. The van der Waals surface area contributed by atoms with E-state index in [9.17, 15) is 5.11 Å². The lowest BCUT2D eigenvalue weighted by Crippen LogP contribution is -1.89. The molecule has 1 rings (SSSR count). The number of aliphatic hydroxyl groups is 1. The topological polar surface area (TPSA) is 40.5 Å². The predicted molar refractivity (Wildman–Crippen MR) is 54.1 cm³/mol. The third kappa shape index (κ3) is 1.83. The van der Waals surface area contributed by atoms with Crippen molar-refractivity contribution in [1.82, 2.24) is 0 Å². The summed E-state index contributed by atoms with van der Waals surface area (Å²) in [4.78, 5) is 0. The van der Waals surface area contributed by atoms with Crippen LogP contribution >= 0.6 is 46.4 Å². The maximum Gasteiger partial charge on any atom is 0.155 e. The third-order valence-corrected chi connectivity index (χ3v) is 3.25. The summed E-state index contributed by atoms with van der Waals surface area (Å²) in [5.41, 5.74) is 0.205. The van der Waals surface area contributed by atoms with Crippen LogP contribution in [0.25, 0.3) is 0 Å². The van der Waals surface area contributed by atoms with Gasteiger partial charge in [0.1, 0.15) is 10.0 Å². The largest absolute Gasteiger partial charge is 0.505 e. The number of phenols is 1. The van der Waals surface area contributed by atoms with Gasteiger partial charge in [0, 0.05) is 5.56 Å². The highest BCUT2D eigenvalue weighted by atomic mass is 35.5. The summed E-state index contributed by atoms with van der Waals surface area (Å²) in [6.07, 6.45) is 0. The van der Waals surface area contributed by atoms with Gasteiger partial charge in [-0.2, -0.15) is 0 Å². The zero-order chi connectivity index (χ0) is 10.2. The normalized spacial score (nSPS) is 10.5. The molecule has 0 bridgehead atoms. The molecule has 0 saturated heterocycles. The first kappa shape index (κ1) is 11.2. The van der Waals surface area contributed by atoms with E-state index in [-0.39, 0.29) is 31.4 Å². The van der Waals surface area contributed by atoms with Crippen molar-refractivity contribution in [3.8, 4) is 5.75 Å². The van der Waals surface area contributed by atoms with E-state index in [4.69, 9.17) is 51.5 Å². The molecule has 0 spiro atoms. The van der Waals surface area contributed by atoms with Crippen LogP contribution in [-0.4, -0.2) is 10.2 Å². The van der Waals surface area contributed by atoms with E-state index in [0.717, 1.165) is 0 Å². The molecule has 0 aromatic heterocycles. The molecule has 0 atom stereocenters. The second-order valence-electron chi connectivity index (χ2n) is 2.24. The van der Waals surface area contributed by atoms with Gasteiger partial charge in [-0.15, -0.1) is 0 Å². The lowest BCUT2D eigenvalue weighted by Gasteiger charge is -2.09. The number of aliphatic hydroxyl groups excluding tert-OH is 1. The van der Waals surface area contributed by atoms with Crippen molar-refractivity contribution in [1.29, 1.82) is 0 Å². The Bertz CT molecular complexity index is 322. The molecule has 0 aliphatic heterocycles. The van der Waals surface area contributed by atoms with Gasteiger partial charge in [0.2, 0.25) is 0 Å². The average Bonchev–Trinajstić information content (AvgIpc) is 2.13. The molecule has 6 heteroatoms. The fourth-order valence-corrected chi connectivity index (χ4v) is 1.81. The molecule has 0 fully saturated rings. The van der Waals surface area contributed by atoms with E-state index in [2.05, 4.69) is 0 Å². The van der Waals surface area contributed by atoms with Gasteiger partial charge in [0.25, 0.3) is 0 Å². The summed E-state index contributed by atoms with van der Waals surface area (Å²) < 4.78 is 0. The van der Waals surface area contributed by atoms with E-state index in [1.54, 1.807) is 0 Å². The molecule has 2 nitrogen and oxygen atoms in total. The van der Waals surface area contributed by atoms with E-state index >= 15 is 0 Å². The van der Waals surface area contributed by atoms with Gasteiger partial charge in [-0.25, -0.2) is 0 Å². The maximum absolute atomic E-state index is 9.27. The van der Waals surface area contributed by atoms with E-state index in [0.29, 0.717) is 0 Å². The van der Waals surface area contributed by atoms with Gasteiger partial charge in [-0.3, -0.25) is 0 Å². The quantitative estimate of drug-likeness (QED) is 0.760. The van der Waals surface area contributed by atoms with Crippen molar-refractivity contribution in [3.05, 3.63) is 25.7 Å². The smallest absolute Gasteiger partial charge is 0.155 e. The highest BCUT2D eigenvalue weighted by Gasteiger charge is 2.18. The number of benzene rings is 1. The summed E-state index contributed by atoms with van der Waals surface area (Å²) in [7, 11) is 0. The van der Waals surface area contributed by atoms with Crippen LogP contribution in [0, 0.1) is 0 Å². The van der Waals surface area contributed by atoms with Gasteiger partial charge < -0.3 is 10.2 Å². The second kappa shape index (κ2) is 4.11. The minimum Gasteiger partial charge on any atom is -0.505 e. The average molecular weight is 262 g/mol. The molecule has 0 aliphatic carbocycles. The van der Waals surface area contributed by atoms with E-state index in [1.807, 2.05) is 0 Å². The van der Waals surface area contributed by atoms with Gasteiger partial charge >= 0.3 is 0 Å². The van der Waals surface area contributed by atoms with Crippen LogP contribution in [0.15, 0.2) is 0 Å². The number of rotatable bonds is 1. The highest BCUT2D eigenvalue weighted by molar-refractivity contribution is 6.49. The van der Waals surface area contributed by atoms with Gasteiger partial charge in [-0.05, 0) is 0 Å². The minimum atomic E-state index is -0.391. The van der Waals surface area contributed by atoms with Crippen molar-refractivity contribution < 1.29 is 10.2 Å². The molecular formula is C7H4Cl4O2. The number of halogens is 4.